The van der Waals surface area contributed by atoms with Crippen LogP contribution in [0.3, 0.4) is 0 Å². The number of benzene rings is 1. The molecule has 5 nitrogen and oxygen atoms in total. The third-order valence-corrected chi connectivity index (χ3v) is 3.81. The summed E-state index contributed by atoms with van der Waals surface area (Å²) in [4.78, 5) is 26.3. The van der Waals surface area contributed by atoms with E-state index in [1.807, 2.05) is 45.0 Å². The highest BCUT2D eigenvalue weighted by molar-refractivity contribution is 5.96. The molecule has 0 bridgehead atoms. The maximum Gasteiger partial charge on any atom is 0.410 e. The van der Waals surface area contributed by atoms with Crippen molar-refractivity contribution in [2.45, 2.75) is 58.6 Å². The summed E-state index contributed by atoms with van der Waals surface area (Å²) in [5.41, 5.74) is 1.42. The van der Waals surface area contributed by atoms with Gasteiger partial charge in [0.2, 0.25) is 5.91 Å². The first-order chi connectivity index (χ1) is 10.8. The SMILES string of the molecule is CCc1ccc(NC(=O)[C@@H]2CCCN2C(=O)OC(C)(C)C)cc1. The summed E-state index contributed by atoms with van der Waals surface area (Å²) in [7, 11) is 0. The second-order valence-corrected chi connectivity index (χ2v) is 6.87. The summed E-state index contributed by atoms with van der Waals surface area (Å²) < 4.78 is 5.39. The maximum atomic E-state index is 12.5. The Bertz CT molecular complexity index is 561. The fraction of sp³-hybridized carbons (Fsp3) is 0.556. The van der Waals surface area contributed by atoms with Crippen molar-refractivity contribution in [2.75, 3.05) is 11.9 Å². The molecule has 0 unspecified atom stereocenters. The molecule has 1 aliphatic rings. The van der Waals surface area contributed by atoms with Crippen LogP contribution in [0.15, 0.2) is 24.3 Å². The molecule has 1 aromatic rings. The minimum atomic E-state index is -0.559. The second kappa shape index (κ2) is 7.02. The number of likely N-dealkylation sites (tertiary alicyclic amines) is 1. The number of anilines is 1. The average molecular weight is 318 g/mol. The Morgan fingerprint density at radius 2 is 1.91 bits per heavy atom. The van der Waals surface area contributed by atoms with Gasteiger partial charge in [-0.05, 0) is 57.7 Å². The monoisotopic (exact) mass is 318 g/mol. The molecule has 1 atom stereocenters. The van der Waals surface area contributed by atoms with E-state index in [1.165, 1.54) is 10.5 Å². The van der Waals surface area contributed by atoms with E-state index >= 15 is 0 Å². The fourth-order valence-electron chi connectivity index (χ4n) is 2.63. The van der Waals surface area contributed by atoms with Crippen LogP contribution in [-0.4, -0.2) is 35.1 Å². The molecule has 0 spiro atoms. The minimum absolute atomic E-state index is 0.155. The van der Waals surface area contributed by atoms with E-state index in [1.54, 1.807) is 0 Å². The van der Waals surface area contributed by atoms with Crippen molar-refractivity contribution in [3.8, 4) is 0 Å². The highest BCUT2D eigenvalue weighted by Crippen LogP contribution is 2.22. The van der Waals surface area contributed by atoms with E-state index in [2.05, 4.69) is 12.2 Å². The predicted octanol–water partition coefficient (Wildman–Crippen LogP) is 3.59. The van der Waals surface area contributed by atoms with Crippen molar-refractivity contribution in [1.29, 1.82) is 0 Å². The molecule has 1 aliphatic heterocycles. The van der Waals surface area contributed by atoms with Crippen LogP contribution in [0.1, 0.15) is 46.1 Å². The van der Waals surface area contributed by atoms with Gasteiger partial charge < -0.3 is 10.1 Å². The van der Waals surface area contributed by atoms with Gasteiger partial charge in [0, 0.05) is 12.2 Å². The molecule has 23 heavy (non-hydrogen) atoms. The zero-order valence-corrected chi connectivity index (χ0v) is 14.4. The summed E-state index contributed by atoms with van der Waals surface area (Å²) in [5.74, 6) is -0.155. The van der Waals surface area contributed by atoms with Gasteiger partial charge >= 0.3 is 6.09 Å². The van der Waals surface area contributed by atoms with Crippen LogP contribution in [-0.2, 0) is 16.0 Å². The summed E-state index contributed by atoms with van der Waals surface area (Å²) in [5, 5.41) is 2.89. The van der Waals surface area contributed by atoms with E-state index in [4.69, 9.17) is 4.74 Å². The molecule has 1 heterocycles. The molecule has 1 fully saturated rings. The average Bonchev–Trinajstić information content (AvgIpc) is 2.96. The molecule has 1 aromatic carbocycles. The first-order valence-corrected chi connectivity index (χ1v) is 8.19. The fourth-order valence-corrected chi connectivity index (χ4v) is 2.63. The van der Waals surface area contributed by atoms with Crippen LogP contribution in [0.4, 0.5) is 10.5 Å². The normalized spacial score (nSPS) is 17.9. The third kappa shape index (κ3) is 4.71. The largest absolute Gasteiger partial charge is 0.444 e. The smallest absolute Gasteiger partial charge is 0.410 e. The lowest BCUT2D eigenvalue weighted by atomic mass is 10.1. The molecule has 0 saturated carbocycles. The number of nitrogens with zero attached hydrogens (tertiary/aromatic N) is 1. The number of aryl methyl sites for hydroxylation is 1. The highest BCUT2D eigenvalue weighted by Gasteiger charge is 2.36. The number of amides is 2. The van der Waals surface area contributed by atoms with Crippen LogP contribution >= 0.6 is 0 Å². The lowest BCUT2D eigenvalue weighted by molar-refractivity contribution is -0.120. The summed E-state index contributed by atoms with van der Waals surface area (Å²) in [6, 6.07) is 7.31. The zero-order valence-electron chi connectivity index (χ0n) is 14.4. The first kappa shape index (κ1) is 17.3. The molecule has 126 valence electrons. The number of hydrogen-bond donors (Lipinski definition) is 1. The quantitative estimate of drug-likeness (QED) is 0.926. The second-order valence-electron chi connectivity index (χ2n) is 6.87. The standard InChI is InChI=1S/C18H26N2O3/c1-5-13-8-10-14(11-9-13)19-16(21)15-7-6-12-20(15)17(22)23-18(2,3)4/h8-11,15H,5-7,12H2,1-4H3,(H,19,21)/t15-/m0/s1. The van der Waals surface area contributed by atoms with Gasteiger partial charge in [-0.15, -0.1) is 0 Å². The van der Waals surface area contributed by atoms with Gasteiger partial charge in [-0.3, -0.25) is 9.69 Å². The maximum absolute atomic E-state index is 12.5. The van der Waals surface area contributed by atoms with Gasteiger partial charge in [0.15, 0.2) is 0 Å². The Morgan fingerprint density at radius 3 is 2.48 bits per heavy atom. The molecule has 0 radical (unpaired) electrons. The Hall–Kier alpha value is -2.04. The van der Waals surface area contributed by atoms with E-state index < -0.39 is 17.7 Å². The number of ether oxygens (including phenoxy) is 1. The molecule has 0 aromatic heterocycles. The van der Waals surface area contributed by atoms with E-state index in [-0.39, 0.29) is 5.91 Å². The van der Waals surface area contributed by atoms with Crippen molar-refractivity contribution < 1.29 is 14.3 Å². The van der Waals surface area contributed by atoms with E-state index in [9.17, 15) is 9.59 Å². The number of nitrogens with one attached hydrogen (secondary N) is 1. The van der Waals surface area contributed by atoms with Gasteiger partial charge in [0.05, 0.1) is 0 Å². The molecule has 1 N–H and O–H groups in total. The van der Waals surface area contributed by atoms with Gasteiger partial charge in [-0.2, -0.15) is 0 Å². The minimum Gasteiger partial charge on any atom is -0.444 e. The number of carbonyl (C=O) groups is 2. The summed E-state index contributed by atoms with van der Waals surface area (Å²) in [6.45, 7) is 8.12. The van der Waals surface area contributed by atoms with Crippen LogP contribution < -0.4 is 5.32 Å². The lowest BCUT2D eigenvalue weighted by Gasteiger charge is -2.28. The molecule has 0 aliphatic carbocycles. The van der Waals surface area contributed by atoms with Crippen LogP contribution in [0.25, 0.3) is 0 Å². The first-order valence-electron chi connectivity index (χ1n) is 8.19. The molecular formula is C18H26N2O3. The van der Waals surface area contributed by atoms with Crippen LogP contribution in [0.5, 0.6) is 0 Å². The van der Waals surface area contributed by atoms with Gasteiger partial charge in [-0.1, -0.05) is 19.1 Å². The molecule has 2 amide bonds. The lowest BCUT2D eigenvalue weighted by Crippen LogP contribution is -2.45. The van der Waals surface area contributed by atoms with Crippen LogP contribution in [0.2, 0.25) is 0 Å². The summed E-state index contributed by atoms with van der Waals surface area (Å²) >= 11 is 0. The van der Waals surface area contributed by atoms with E-state index in [0.29, 0.717) is 13.0 Å². The van der Waals surface area contributed by atoms with Gasteiger partial charge in [0.1, 0.15) is 11.6 Å². The number of hydrogen-bond acceptors (Lipinski definition) is 3. The molecule has 2 rings (SSSR count). The van der Waals surface area contributed by atoms with Crippen LogP contribution in [0, 0.1) is 0 Å². The van der Waals surface area contributed by atoms with Gasteiger partial charge in [-0.25, -0.2) is 4.79 Å². The number of carbonyl (C=O) groups excluding carboxylic acids is 2. The summed E-state index contributed by atoms with van der Waals surface area (Å²) in [6.07, 6.45) is 2.02. The Morgan fingerprint density at radius 1 is 1.26 bits per heavy atom. The Kier molecular flexibility index (Phi) is 5.29. The Balaban J connectivity index is 2.00. The highest BCUT2D eigenvalue weighted by atomic mass is 16.6. The predicted molar refractivity (Wildman–Crippen MR) is 90.4 cm³/mol. The zero-order chi connectivity index (χ0) is 17.0. The van der Waals surface area contributed by atoms with E-state index in [0.717, 1.165) is 18.5 Å². The van der Waals surface area contributed by atoms with Crippen molar-refractivity contribution in [1.82, 2.24) is 4.90 Å². The van der Waals surface area contributed by atoms with Gasteiger partial charge in [0.25, 0.3) is 0 Å². The van der Waals surface area contributed by atoms with Crippen molar-refractivity contribution in [3.05, 3.63) is 29.8 Å². The molecule has 1 saturated heterocycles. The number of rotatable bonds is 3. The Labute approximate surface area is 138 Å². The topological polar surface area (TPSA) is 58.6 Å². The van der Waals surface area contributed by atoms with Crippen molar-refractivity contribution in [2.24, 2.45) is 0 Å². The van der Waals surface area contributed by atoms with Crippen molar-refractivity contribution >= 4 is 17.7 Å². The van der Waals surface area contributed by atoms with Crippen molar-refractivity contribution in [3.63, 3.8) is 0 Å². The molecule has 5 heteroatoms. The molecular weight excluding hydrogens is 292 g/mol. The third-order valence-electron chi connectivity index (χ3n) is 3.81.